The van der Waals surface area contributed by atoms with Crippen LogP contribution < -0.4 is 5.32 Å². The second-order valence-corrected chi connectivity index (χ2v) is 10.3. The van der Waals surface area contributed by atoms with E-state index >= 15 is 0 Å². The molecule has 0 aliphatic rings. The van der Waals surface area contributed by atoms with Gasteiger partial charge >= 0.3 is 6.18 Å². The second-order valence-electron chi connectivity index (χ2n) is 7.08. The fraction of sp³-hybridized carbons (Fsp3) is 0.217. The van der Waals surface area contributed by atoms with Crippen LogP contribution in [0.2, 0.25) is 0 Å². The number of rotatable bonds is 9. The SMILES string of the molecule is O=C(CCc1ccccc1)Nc1cccnc1SCCS(=O)(=O)c1cccc(C(F)(F)F)c1. The number of pyridine rings is 1. The summed E-state index contributed by atoms with van der Waals surface area (Å²) in [5, 5.41) is 3.22. The lowest BCUT2D eigenvalue weighted by molar-refractivity contribution is -0.137. The zero-order valence-corrected chi connectivity index (χ0v) is 19.0. The van der Waals surface area contributed by atoms with Gasteiger partial charge in [-0.2, -0.15) is 13.2 Å². The number of alkyl halides is 3. The first-order chi connectivity index (χ1) is 15.6. The molecule has 1 heterocycles. The highest BCUT2D eigenvalue weighted by Crippen LogP contribution is 2.31. The van der Waals surface area contributed by atoms with Gasteiger partial charge in [-0.3, -0.25) is 4.79 Å². The van der Waals surface area contributed by atoms with E-state index < -0.39 is 21.6 Å². The third-order valence-electron chi connectivity index (χ3n) is 4.64. The fourth-order valence-electron chi connectivity index (χ4n) is 2.95. The molecule has 3 aromatic rings. The highest BCUT2D eigenvalue weighted by molar-refractivity contribution is 8.00. The zero-order chi connectivity index (χ0) is 23.9. The van der Waals surface area contributed by atoms with E-state index in [2.05, 4.69) is 10.3 Å². The number of halogens is 3. The highest BCUT2D eigenvalue weighted by Gasteiger charge is 2.31. The Bertz CT molecular complexity index is 1200. The molecule has 0 bridgehead atoms. The number of anilines is 1. The Morgan fingerprint density at radius 2 is 1.76 bits per heavy atom. The largest absolute Gasteiger partial charge is 0.416 e. The van der Waals surface area contributed by atoms with Gasteiger partial charge in [0.2, 0.25) is 5.91 Å². The minimum atomic E-state index is -4.62. The summed E-state index contributed by atoms with van der Waals surface area (Å²) >= 11 is 1.11. The summed E-state index contributed by atoms with van der Waals surface area (Å²) in [4.78, 5) is 16.1. The lowest BCUT2D eigenvalue weighted by Gasteiger charge is -2.11. The first-order valence-corrected chi connectivity index (χ1v) is 12.6. The monoisotopic (exact) mass is 494 g/mol. The molecule has 33 heavy (non-hydrogen) atoms. The van der Waals surface area contributed by atoms with Gasteiger partial charge in [0, 0.05) is 18.4 Å². The molecule has 1 amide bonds. The number of benzene rings is 2. The van der Waals surface area contributed by atoms with Crippen LogP contribution in [0.5, 0.6) is 0 Å². The van der Waals surface area contributed by atoms with E-state index in [0.29, 0.717) is 23.2 Å². The average molecular weight is 495 g/mol. The molecular weight excluding hydrogens is 473 g/mol. The van der Waals surface area contributed by atoms with Gasteiger partial charge in [0.25, 0.3) is 0 Å². The van der Waals surface area contributed by atoms with E-state index in [4.69, 9.17) is 0 Å². The number of aromatic nitrogens is 1. The highest BCUT2D eigenvalue weighted by atomic mass is 32.2. The number of sulfone groups is 1. The summed E-state index contributed by atoms with van der Waals surface area (Å²) in [5.74, 6) is -0.523. The van der Waals surface area contributed by atoms with Crippen molar-refractivity contribution in [3.05, 3.63) is 84.1 Å². The topological polar surface area (TPSA) is 76.1 Å². The number of carbonyl (C=O) groups excluding carboxylic acids is 1. The molecule has 3 rings (SSSR count). The van der Waals surface area contributed by atoms with Crippen LogP contribution in [-0.4, -0.2) is 30.8 Å². The molecule has 1 aromatic heterocycles. The zero-order valence-electron chi connectivity index (χ0n) is 17.4. The van der Waals surface area contributed by atoms with E-state index in [0.717, 1.165) is 35.5 Å². The lowest BCUT2D eigenvalue weighted by Crippen LogP contribution is -2.14. The fourth-order valence-corrected chi connectivity index (χ4v) is 5.59. The van der Waals surface area contributed by atoms with Crippen molar-refractivity contribution in [1.82, 2.24) is 4.98 Å². The summed E-state index contributed by atoms with van der Waals surface area (Å²) in [7, 11) is -3.92. The Kier molecular flexibility index (Phi) is 8.15. The Labute approximate surface area is 194 Å². The van der Waals surface area contributed by atoms with Crippen LogP contribution in [0.25, 0.3) is 0 Å². The summed E-state index contributed by atoms with van der Waals surface area (Å²) in [5.41, 5.74) is 0.478. The first-order valence-electron chi connectivity index (χ1n) is 9.97. The van der Waals surface area contributed by atoms with Gasteiger partial charge in [0.15, 0.2) is 9.84 Å². The third kappa shape index (κ3) is 7.33. The van der Waals surface area contributed by atoms with Crippen LogP contribution in [0.3, 0.4) is 0 Å². The van der Waals surface area contributed by atoms with E-state index in [1.807, 2.05) is 30.3 Å². The smallest absolute Gasteiger partial charge is 0.324 e. The number of carbonyl (C=O) groups is 1. The van der Waals surface area contributed by atoms with Crippen molar-refractivity contribution in [3.8, 4) is 0 Å². The molecule has 0 unspecified atom stereocenters. The number of hydrogen-bond acceptors (Lipinski definition) is 5. The van der Waals surface area contributed by atoms with E-state index in [9.17, 15) is 26.4 Å². The van der Waals surface area contributed by atoms with Crippen molar-refractivity contribution in [1.29, 1.82) is 0 Å². The summed E-state index contributed by atoms with van der Waals surface area (Å²) < 4.78 is 63.7. The van der Waals surface area contributed by atoms with Gasteiger partial charge in [-0.1, -0.05) is 36.4 Å². The van der Waals surface area contributed by atoms with Crippen LogP contribution in [-0.2, 0) is 27.2 Å². The van der Waals surface area contributed by atoms with E-state index in [-0.39, 0.29) is 28.7 Å². The molecule has 0 saturated heterocycles. The van der Waals surface area contributed by atoms with E-state index in [1.165, 1.54) is 6.20 Å². The van der Waals surface area contributed by atoms with Crippen LogP contribution >= 0.6 is 11.8 Å². The number of amides is 1. The summed E-state index contributed by atoms with van der Waals surface area (Å²) in [6.45, 7) is 0. The van der Waals surface area contributed by atoms with Crippen LogP contribution in [0, 0.1) is 0 Å². The molecule has 1 N–H and O–H groups in total. The number of hydrogen-bond donors (Lipinski definition) is 1. The van der Waals surface area contributed by atoms with Gasteiger partial charge in [-0.15, -0.1) is 11.8 Å². The molecular formula is C23H21F3N2O3S2. The maximum absolute atomic E-state index is 12.9. The second kappa shape index (κ2) is 10.8. The van der Waals surface area contributed by atoms with Crippen LogP contribution in [0.15, 0.2) is 82.8 Å². The lowest BCUT2D eigenvalue weighted by atomic mass is 10.1. The minimum Gasteiger partial charge on any atom is -0.324 e. The van der Waals surface area contributed by atoms with Crippen molar-refractivity contribution in [2.24, 2.45) is 0 Å². The third-order valence-corrected chi connectivity index (χ3v) is 7.62. The van der Waals surface area contributed by atoms with Crippen molar-refractivity contribution < 1.29 is 26.4 Å². The van der Waals surface area contributed by atoms with Crippen LogP contribution in [0.1, 0.15) is 17.5 Å². The maximum Gasteiger partial charge on any atom is 0.416 e. The number of aryl methyl sites for hydroxylation is 1. The predicted octanol–water partition coefficient (Wildman–Crippen LogP) is 5.24. The normalized spacial score (nSPS) is 11.8. The Hall–Kier alpha value is -2.85. The Morgan fingerprint density at radius 1 is 1.00 bits per heavy atom. The molecule has 0 radical (unpaired) electrons. The van der Waals surface area contributed by atoms with E-state index in [1.54, 1.807) is 12.1 Å². The molecule has 0 aliphatic carbocycles. The van der Waals surface area contributed by atoms with Gasteiger partial charge in [0.05, 0.1) is 21.9 Å². The molecule has 0 spiro atoms. The molecule has 0 aliphatic heterocycles. The average Bonchev–Trinajstić information content (AvgIpc) is 2.79. The summed E-state index contributed by atoms with van der Waals surface area (Å²) in [6.07, 6.45) is -2.26. The molecule has 0 saturated carbocycles. The molecule has 0 atom stereocenters. The minimum absolute atomic E-state index is 0.0580. The number of nitrogens with zero attached hydrogens (tertiary/aromatic N) is 1. The van der Waals surface area contributed by atoms with Gasteiger partial charge < -0.3 is 5.32 Å². The number of nitrogens with one attached hydrogen (secondary N) is 1. The van der Waals surface area contributed by atoms with Crippen molar-refractivity contribution in [2.45, 2.75) is 28.9 Å². The Balaban J connectivity index is 1.59. The Morgan fingerprint density at radius 3 is 2.48 bits per heavy atom. The number of thioether (sulfide) groups is 1. The quantitative estimate of drug-likeness (QED) is 0.412. The predicted molar refractivity (Wildman–Crippen MR) is 122 cm³/mol. The van der Waals surface area contributed by atoms with Crippen molar-refractivity contribution in [3.63, 3.8) is 0 Å². The molecule has 10 heteroatoms. The maximum atomic E-state index is 12.9. The molecule has 5 nitrogen and oxygen atoms in total. The van der Waals surface area contributed by atoms with Gasteiger partial charge in [-0.25, -0.2) is 13.4 Å². The standard InChI is InChI=1S/C23H21F3N2O3S2/c24-23(25,26)18-8-4-9-19(16-18)33(30,31)15-14-32-22-20(10-5-13-27-22)28-21(29)12-11-17-6-2-1-3-7-17/h1-10,13,16H,11-12,14-15H2,(H,28,29). The van der Waals surface area contributed by atoms with Crippen molar-refractivity contribution >= 4 is 33.2 Å². The molecule has 174 valence electrons. The van der Waals surface area contributed by atoms with Gasteiger partial charge in [0.1, 0.15) is 5.03 Å². The van der Waals surface area contributed by atoms with Crippen molar-refractivity contribution in [2.75, 3.05) is 16.8 Å². The van der Waals surface area contributed by atoms with Gasteiger partial charge in [-0.05, 0) is 42.3 Å². The molecule has 0 fully saturated rings. The summed E-state index contributed by atoms with van der Waals surface area (Å²) in [6, 6.07) is 16.6. The molecule has 2 aromatic carbocycles. The first kappa shape index (κ1) is 24.8. The van der Waals surface area contributed by atoms with Crippen LogP contribution in [0.4, 0.5) is 18.9 Å².